The SMILES string of the molecule is CC(C)C1=C2[C@@H](CC/C(=C/c3ccc(CO)o3)c3ccccc3)OB(O)C[C@@H]2[C@@H]2C(=O)N(c3cccc(B(O)O)c3)C(=O)[C@@H]2C1. The standard InChI is InChI=1S/C34H37B2NO8/c1-20(2)27-17-28-32(34(40)37(33(28)39)24-10-6-9-23(16-24)36(42)43)29-18-35(41)45-30(31(27)29)14-11-22(21-7-4-3-5-8-21)15-25-12-13-26(19-38)44-25/h3-10,12-13,15-16,20,28-30,32,38,41-43H,11,14,17-19H2,1-2H3/b22-15-/t28-,29+,30-,32-/m1/s1. The normalized spacial score (nSPS) is 23.6. The van der Waals surface area contributed by atoms with E-state index in [0.717, 1.165) is 22.3 Å². The summed E-state index contributed by atoms with van der Waals surface area (Å²) in [6.07, 6.45) is 3.25. The average Bonchev–Trinajstić information content (AvgIpc) is 3.59. The number of fused-ring (bicyclic) bond motifs is 3. The summed E-state index contributed by atoms with van der Waals surface area (Å²) in [7, 11) is -2.83. The van der Waals surface area contributed by atoms with Crippen molar-refractivity contribution in [3.05, 3.63) is 95.0 Å². The number of imide groups is 1. The third-order valence-electron chi connectivity index (χ3n) is 9.34. The molecule has 1 aromatic heterocycles. The lowest BCUT2D eigenvalue weighted by molar-refractivity contribution is -0.122. The van der Waals surface area contributed by atoms with Crippen molar-refractivity contribution >= 4 is 48.9 Å². The van der Waals surface area contributed by atoms with Crippen LogP contribution >= 0.6 is 0 Å². The van der Waals surface area contributed by atoms with Crippen LogP contribution in [0.1, 0.15) is 50.2 Å². The van der Waals surface area contributed by atoms with Crippen LogP contribution in [0.3, 0.4) is 0 Å². The zero-order valence-corrected chi connectivity index (χ0v) is 25.4. The summed E-state index contributed by atoms with van der Waals surface area (Å²) in [6, 6.07) is 19.7. The maximum absolute atomic E-state index is 14.1. The van der Waals surface area contributed by atoms with E-state index in [0.29, 0.717) is 36.5 Å². The van der Waals surface area contributed by atoms with Gasteiger partial charge in [0.2, 0.25) is 11.8 Å². The number of nitrogens with zero attached hydrogens (tertiary/aromatic N) is 1. The molecule has 3 aromatic rings. The van der Waals surface area contributed by atoms with Gasteiger partial charge in [-0.15, -0.1) is 0 Å². The molecule has 3 aliphatic rings. The molecule has 0 spiro atoms. The van der Waals surface area contributed by atoms with E-state index in [9.17, 15) is 29.8 Å². The number of benzene rings is 2. The van der Waals surface area contributed by atoms with Gasteiger partial charge in [0.15, 0.2) is 0 Å². The maximum Gasteiger partial charge on any atom is 0.488 e. The van der Waals surface area contributed by atoms with E-state index in [2.05, 4.69) is 13.8 Å². The Morgan fingerprint density at radius 2 is 1.82 bits per heavy atom. The van der Waals surface area contributed by atoms with Crippen molar-refractivity contribution in [2.24, 2.45) is 23.7 Å². The molecule has 45 heavy (non-hydrogen) atoms. The topological polar surface area (TPSA) is 141 Å². The molecule has 0 bridgehead atoms. The number of hydrogen-bond acceptors (Lipinski definition) is 8. The van der Waals surface area contributed by atoms with E-state index in [1.165, 1.54) is 17.0 Å². The van der Waals surface area contributed by atoms with Gasteiger partial charge < -0.3 is 29.3 Å². The predicted octanol–water partition coefficient (Wildman–Crippen LogP) is 3.43. The lowest BCUT2D eigenvalue weighted by atomic mass is 9.57. The zero-order valence-electron chi connectivity index (χ0n) is 25.4. The van der Waals surface area contributed by atoms with Gasteiger partial charge in [0, 0.05) is 0 Å². The smallest absolute Gasteiger partial charge is 0.459 e. The summed E-state index contributed by atoms with van der Waals surface area (Å²) in [4.78, 5) is 29.1. The highest BCUT2D eigenvalue weighted by atomic mass is 16.5. The molecule has 2 saturated heterocycles. The Labute approximate surface area is 263 Å². The first-order valence-electron chi connectivity index (χ1n) is 15.5. The second-order valence-electron chi connectivity index (χ2n) is 12.4. The van der Waals surface area contributed by atoms with Crippen LogP contribution < -0.4 is 10.4 Å². The van der Waals surface area contributed by atoms with Crippen LogP contribution in [0.4, 0.5) is 5.69 Å². The average molecular weight is 609 g/mol. The molecule has 4 N–H and O–H groups in total. The van der Waals surface area contributed by atoms with E-state index in [4.69, 9.17) is 9.07 Å². The lowest BCUT2D eigenvalue weighted by Crippen LogP contribution is -2.46. The lowest BCUT2D eigenvalue weighted by Gasteiger charge is -2.44. The maximum atomic E-state index is 14.1. The van der Waals surface area contributed by atoms with Gasteiger partial charge in [0.25, 0.3) is 0 Å². The Hall–Kier alpha value is -3.73. The molecule has 2 aromatic carbocycles. The van der Waals surface area contributed by atoms with Gasteiger partial charge in [0.05, 0.1) is 23.6 Å². The number of carbonyl (C=O) groups is 2. The Bertz CT molecular complexity index is 1630. The highest BCUT2D eigenvalue weighted by Gasteiger charge is 2.57. The van der Waals surface area contributed by atoms with Crippen LogP contribution in [0.25, 0.3) is 11.6 Å². The summed E-state index contributed by atoms with van der Waals surface area (Å²) in [5.41, 5.74) is 4.60. The fraction of sp³-hybridized carbons (Fsp3) is 0.353. The summed E-state index contributed by atoms with van der Waals surface area (Å²) >= 11 is 0. The molecule has 0 saturated carbocycles. The molecule has 2 amide bonds. The van der Waals surface area contributed by atoms with Gasteiger partial charge in [-0.05, 0) is 89.9 Å². The fourth-order valence-corrected chi connectivity index (χ4v) is 7.30. The van der Waals surface area contributed by atoms with Gasteiger partial charge in [-0.25, -0.2) is 0 Å². The van der Waals surface area contributed by atoms with E-state index < -0.39 is 32.2 Å². The molecule has 11 heteroatoms. The summed E-state index contributed by atoms with van der Waals surface area (Å²) in [6.45, 7) is 3.97. The van der Waals surface area contributed by atoms with Gasteiger partial charge in [0.1, 0.15) is 18.1 Å². The number of aliphatic hydroxyl groups is 1. The molecule has 2 fully saturated rings. The third-order valence-corrected chi connectivity index (χ3v) is 9.34. The molecular formula is C34H37B2NO8. The van der Waals surface area contributed by atoms with Crippen molar-refractivity contribution in [1.29, 1.82) is 0 Å². The second kappa shape index (κ2) is 12.9. The number of furan rings is 1. The summed E-state index contributed by atoms with van der Waals surface area (Å²) < 4.78 is 12.0. The van der Waals surface area contributed by atoms with Crippen LogP contribution in [0.2, 0.25) is 6.32 Å². The Morgan fingerprint density at radius 1 is 1.04 bits per heavy atom. The first-order valence-corrected chi connectivity index (χ1v) is 15.5. The van der Waals surface area contributed by atoms with Crippen LogP contribution in [0, 0.1) is 23.7 Å². The Kier molecular flexibility index (Phi) is 8.99. The molecule has 3 heterocycles. The summed E-state index contributed by atoms with van der Waals surface area (Å²) in [5, 5.41) is 39.8. The zero-order chi connectivity index (χ0) is 31.8. The predicted molar refractivity (Wildman–Crippen MR) is 172 cm³/mol. The number of allylic oxidation sites excluding steroid dienone is 2. The number of anilines is 1. The monoisotopic (exact) mass is 609 g/mol. The highest BCUT2D eigenvalue weighted by Crippen LogP contribution is 2.52. The number of rotatable bonds is 9. The molecule has 0 unspecified atom stereocenters. The van der Waals surface area contributed by atoms with E-state index in [1.54, 1.807) is 18.2 Å². The van der Waals surface area contributed by atoms with Gasteiger partial charge in [-0.1, -0.05) is 61.9 Å². The van der Waals surface area contributed by atoms with Crippen LogP contribution in [0.5, 0.6) is 0 Å². The first-order chi connectivity index (χ1) is 21.7. The molecule has 4 atom stereocenters. The minimum atomic E-state index is -1.73. The van der Waals surface area contributed by atoms with Gasteiger partial charge in [-0.2, -0.15) is 0 Å². The number of amides is 2. The van der Waals surface area contributed by atoms with Crippen LogP contribution in [0.15, 0.2) is 82.3 Å². The number of hydrogen-bond donors (Lipinski definition) is 4. The molecule has 9 nitrogen and oxygen atoms in total. The second-order valence-corrected chi connectivity index (χ2v) is 12.4. The van der Waals surface area contributed by atoms with E-state index in [-0.39, 0.29) is 42.0 Å². The minimum Gasteiger partial charge on any atom is -0.459 e. The Balaban J connectivity index is 1.33. The van der Waals surface area contributed by atoms with Gasteiger partial charge >= 0.3 is 14.2 Å². The number of aliphatic hydroxyl groups excluding tert-OH is 1. The Morgan fingerprint density at radius 3 is 2.51 bits per heavy atom. The highest BCUT2D eigenvalue weighted by molar-refractivity contribution is 6.58. The molecule has 6 rings (SSSR count). The number of carbonyl (C=O) groups excluding carboxylic acids is 2. The molecule has 2 aliphatic heterocycles. The summed E-state index contributed by atoms with van der Waals surface area (Å²) in [5.74, 6) is -1.05. The van der Waals surface area contributed by atoms with Crippen molar-refractivity contribution in [2.45, 2.75) is 52.1 Å². The molecular weight excluding hydrogens is 572 g/mol. The van der Waals surface area contributed by atoms with E-state index in [1.807, 2.05) is 42.5 Å². The van der Waals surface area contributed by atoms with Crippen molar-refractivity contribution in [3.8, 4) is 0 Å². The van der Waals surface area contributed by atoms with Crippen molar-refractivity contribution < 1.29 is 38.8 Å². The van der Waals surface area contributed by atoms with Crippen LogP contribution in [-0.2, 0) is 20.9 Å². The van der Waals surface area contributed by atoms with Gasteiger partial charge in [-0.3, -0.25) is 14.5 Å². The molecule has 232 valence electrons. The quantitative estimate of drug-likeness (QED) is 0.164. The van der Waals surface area contributed by atoms with Crippen molar-refractivity contribution in [2.75, 3.05) is 4.90 Å². The fourth-order valence-electron chi connectivity index (χ4n) is 7.30. The van der Waals surface area contributed by atoms with E-state index >= 15 is 0 Å². The largest absolute Gasteiger partial charge is 0.488 e. The van der Waals surface area contributed by atoms with Crippen molar-refractivity contribution in [3.63, 3.8) is 0 Å². The van der Waals surface area contributed by atoms with Crippen molar-refractivity contribution in [1.82, 2.24) is 0 Å². The minimum absolute atomic E-state index is 0.0961. The molecule has 0 radical (unpaired) electrons. The van der Waals surface area contributed by atoms with Crippen LogP contribution in [-0.4, -0.2) is 52.3 Å². The molecule has 1 aliphatic carbocycles. The first kappa shape index (κ1) is 31.3. The third kappa shape index (κ3) is 6.11.